The second-order valence-corrected chi connectivity index (χ2v) is 4.16. The van der Waals surface area contributed by atoms with E-state index < -0.39 is 11.7 Å². The van der Waals surface area contributed by atoms with Gasteiger partial charge in [0.05, 0.1) is 5.56 Å². The average molecular weight is 316 g/mol. The van der Waals surface area contributed by atoms with Crippen LogP contribution in [0.2, 0.25) is 0 Å². The fraction of sp³-hybridized carbons (Fsp3) is 0.375. The van der Waals surface area contributed by atoms with E-state index in [0.717, 1.165) is 6.07 Å². The fourth-order valence-electron chi connectivity index (χ4n) is 0.997. The first-order valence-corrected chi connectivity index (χ1v) is 4.80. The quantitative estimate of drug-likeness (QED) is 0.741. The summed E-state index contributed by atoms with van der Waals surface area (Å²) in [5.74, 6) is -0.0575. The van der Waals surface area contributed by atoms with Crippen molar-refractivity contribution in [3.63, 3.8) is 0 Å². The fourth-order valence-corrected chi connectivity index (χ4v) is 1.45. The highest BCUT2D eigenvalue weighted by Gasteiger charge is 2.35. The molecule has 14 heavy (non-hydrogen) atoms. The molecule has 0 atom stereocenters. The third-order valence-corrected chi connectivity index (χ3v) is 2.15. The van der Waals surface area contributed by atoms with Gasteiger partial charge in [0, 0.05) is 23.9 Å². The van der Waals surface area contributed by atoms with Gasteiger partial charge in [-0.05, 0) is 28.7 Å². The monoisotopic (exact) mass is 316 g/mol. The number of alkyl halides is 3. The molecule has 1 heterocycles. The molecule has 2 nitrogen and oxygen atoms in total. The van der Waals surface area contributed by atoms with Gasteiger partial charge in [-0.25, -0.2) is 4.98 Å². The molecule has 0 aliphatic carbocycles. The zero-order valence-corrected chi connectivity index (χ0v) is 9.72. The smallest absolute Gasteiger partial charge is 0.362 e. The van der Waals surface area contributed by atoms with Gasteiger partial charge in [-0.1, -0.05) is 0 Å². The molecule has 0 bridgehead atoms. The van der Waals surface area contributed by atoms with Crippen molar-refractivity contribution in [3.05, 3.63) is 21.4 Å². The molecule has 0 aromatic carbocycles. The van der Waals surface area contributed by atoms with Crippen LogP contribution in [0.1, 0.15) is 5.56 Å². The van der Waals surface area contributed by atoms with Crippen LogP contribution < -0.4 is 4.90 Å². The van der Waals surface area contributed by atoms with E-state index in [2.05, 4.69) is 4.98 Å². The molecule has 1 aromatic heterocycles. The summed E-state index contributed by atoms with van der Waals surface area (Å²) in [4.78, 5) is 5.09. The molecule has 6 heteroatoms. The van der Waals surface area contributed by atoms with Crippen LogP contribution in [-0.4, -0.2) is 19.1 Å². The molecule has 78 valence electrons. The molecule has 1 rings (SSSR count). The summed E-state index contributed by atoms with van der Waals surface area (Å²) in [5.41, 5.74) is -0.700. The molecule has 0 fully saturated rings. The molecule has 0 saturated carbocycles. The Balaban J connectivity index is 3.30. The Morgan fingerprint density at radius 2 is 1.93 bits per heavy atom. The van der Waals surface area contributed by atoms with Gasteiger partial charge < -0.3 is 4.90 Å². The van der Waals surface area contributed by atoms with Gasteiger partial charge >= 0.3 is 6.18 Å². The molecule has 0 spiro atoms. The van der Waals surface area contributed by atoms with Gasteiger partial charge in [0.2, 0.25) is 0 Å². The minimum absolute atomic E-state index is 0.0575. The number of hydrogen-bond acceptors (Lipinski definition) is 2. The highest BCUT2D eigenvalue weighted by atomic mass is 127. The van der Waals surface area contributed by atoms with Crippen molar-refractivity contribution in [1.29, 1.82) is 0 Å². The van der Waals surface area contributed by atoms with Crippen LogP contribution >= 0.6 is 22.6 Å². The van der Waals surface area contributed by atoms with Crippen molar-refractivity contribution in [2.24, 2.45) is 0 Å². The van der Waals surface area contributed by atoms with Crippen molar-refractivity contribution in [3.8, 4) is 0 Å². The third-order valence-electron chi connectivity index (χ3n) is 1.56. The van der Waals surface area contributed by atoms with Gasteiger partial charge in [0.15, 0.2) is 0 Å². The zero-order valence-electron chi connectivity index (χ0n) is 7.56. The van der Waals surface area contributed by atoms with Crippen molar-refractivity contribution in [1.82, 2.24) is 4.98 Å². The number of anilines is 1. The second kappa shape index (κ2) is 3.92. The van der Waals surface area contributed by atoms with E-state index in [1.54, 1.807) is 22.6 Å². The van der Waals surface area contributed by atoms with Crippen LogP contribution in [0, 0.1) is 3.57 Å². The van der Waals surface area contributed by atoms with E-state index >= 15 is 0 Å². The minimum Gasteiger partial charge on any atom is -0.362 e. The van der Waals surface area contributed by atoms with Crippen LogP contribution in [0.5, 0.6) is 0 Å². The first kappa shape index (κ1) is 11.5. The highest BCUT2D eigenvalue weighted by molar-refractivity contribution is 14.1. The maximum Gasteiger partial charge on any atom is 0.419 e. The van der Waals surface area contributed by atoms with Crippen LogP contribution in [0.4, 0.5) is 19.0 Å². The van der Waals surface area contributed by atoms with E-state index in [9.17, 15) is 13.2 Å². The molecule has 0 radical (unpaired) electrons. The van der Waals surface area contributed by atoms with Gasteiger partial charge in [0.1, 0.15) is 5.82 Å². The largest absolute Gasteiger partial charge is 0.419 e. The Kier molecular flexibility index (Phi) is 3.23. The van der Waals surface area contributed by atoms with Crippen molar-refractivity contribution in [2.75, 3.05) is 19.0 Å². The van der Waals surface area contributed by atoms with Gasteiger partial charge in [0.25, 0.3) is 0 Å². The summed E-state index contributed by atoms with van der Waals surface area (Å²) in [6.45, 7) is 0. The molecule has 1 aromatic rings. The molecular formula is C8H8F3IN2. The average Bonchev–Trinajstić information content (AvgIpc) is 2.01. The lowest BCUT2D eigenvalue weighted by Crippen LogP contribution is -2.18. The van der Waals surface area contributed by atoms with Crippen LogP contribution in [0.3, 0.4) is 0 Å². The van der Waals surface area contributed by atoms with Crippen LogP contribution in [0.15, 0.2) is 12.3 Å². The highest BCUT2D eigenvalue weighted by Crippen LogP contribution is 2.35. The Morgan fingerprint density at radius 1 is 1.36 bits per heavy atom. The van der Waals surface area contributed by atoms with Crippen molar-refractivity contribution < 1.29 is 13.2 Å². The van der Waals surface area contributed by atoms with E-state index in [4.69, 9.17) is 0 Å². The lowest BCUT2D eigenvalue weighted by molar-refractivity contribution is -0.137. The number of nitrogens with zero attached hydrogens (tertiary/aromatic N) is 2. The topological polar surface area (TPSA) is 16.1 Å². The van der Waals surface area contributed by atoms with Gasteiger partial charge in [-0.3, -0.25) is 0 Å². The zero-order chi connectivity index (χ0) is 10.9. The summed E-state index contributed by atoms with van der Waals surface area (Å²) < 4.78 is 38.0. The van der Waals surface area contributed by atoms with Crippen molar-refractivity contribution in [2.45, 2.75) is 6.18 Å². The van der Waals surface area contributed by atoms with Crippen LogP contribution in [-0.2, 0) is 6.18 Å². The maximum atomic E-state index is 12.5. The van der Waals surface area contributed by atoms with Gasteiger partial charge in [-0.2, -0.15) is 13.2 Å². The van der Waals surface area contributed by atoms with Crippen molar-refractivity contribution >= 4 is 28.4 Å². The van der Waals surface area contributed by atoms with E-state index in [-0.39, 0.29) is 5.82 Å². The number of aromatic nitrogens is 1. The van der Waals surface area contributed by atoms with E-state index in [1.165, 1.54) is 25.2 Å². The summed E-state index contributed by atoms with van der Waals surface area (Å²) in [5, 5.41) is 0. The molecular weight excluding hydrogens is 308 g/mol. The summed E-state index contributed by atoms with van der Waals surface area (Å²) in [6, 6.07) is 1.09. The number of halogens is 4. The normalized spacial score (nSPS) is 11.6. The first-order chi connectivity index (χ1) is 6.32. The summed E-state index contributed by atoms with van der Waals surface area (Å²) >= 11 is 1.80. The SMILES string of the molecule is CN(C)c1ncc(I)cc1C(F)(F)F. The lowest BCUT2D eigenvalue weighted by Gasteiger charge is -2.17. The Morgan fingerprint density at radius 3 is 2.36 bits per heavy atom. The molecule has 0 aliphatic rings. The third kappa shape index (κ3) is 2.49. The van der Waals surface area contributed by atoms with E-state index in [0.29, 0.717) is 3.57 Å². The minimum atomic E-state index is -4.35. The molecule has 0 unspecified atom stereocenters. The molecule has 0 amide bonds. The molecule has 0 N–H and O–H groups in total. The number of rotatable bonds is 1. The predicted octanol–water partition coefficient (Wildman–Crippen LogP) is 2.77. The van der Waals surface area contributed by atoms with Gasteiger partial charge in [-0.15, -0.1) is 0 Å². The lowest BCUT2D eigenvalue weighted by atomic mass is 10.2. The molecule has 0 saturated heterocycles. The second-order valence-electron chi connectivity index (χ2n) is 2.92. The van der Waals surface area contributed by atoms with E-state index in [1.807, 2.05) is 0 Å². The number of pyridine rings is 1. The first-order valence-electron chi connectivity index (χ1n) is 3.72. The Hall–Kier alpha value is -0.530. The Labute approximate surface area is 93.3 Å². The number of hydrogen-bond donors (Lipinski definition) is 0. The molecule has 0 aliphatic heterocycles. The standard InChI is InChI=1S/C8H8F3IN2/c1-14(2)7-6(8(9,10)11)3-5(12)4-13-7/h3-4H,1-2H3. The maximum absolute atomic E-state index is 12.5. The summed E-state index contributed by atoms with van der Waals surface area (Å²) in [7, 11) is 3.06. The van der Waals surface area contributed by atoms with Crippen LogP contribution in [0.25, 0.3) is 0 Å². The predicted molar refractivity (Wildman–Crippen MR) is 56.3 cm³/mol. The Bertz CT molecular complexity index is 336. The summed E-state index contributed by atoms with van der Waals surface area (Å²) in [6.07, 6.45) is -2.95.